The van der Waals surface area contributed by atoms with Crippen LogP contribution in [0.4, 0.5) is 0 Å². The summed E-state index contributed by atoms with van der Waals surface area (Å²) < 4.78 is 1.31. The second-order valence-electron chi connectivity index (χ2n) is 16.7. The van der Waals surface area contributed by atoms with Gasteiger partial charge in [0, 0.05) is 0 Å². The Morgan fingerprint density at radius 3 is 1.16 bits per heavy atom. The van der Waals surface area contributed by atoms with E-state index in [0.29, 0.717) is 0 Å². The van der Waals surface area contributed by atoms with Crippen LogP contribution in [0.15, 0.2) is 121 Å². The predicted octanol–water partition coefficient (Wildman–Crippen LogP) is 14.4. The van der Waals surface area contributed by atoms with E-state index >= 15 is 0 Å². The topological polar surface area (TPSA) is 0 Å². The number of hydrogen-bond donors (Lipinski definition) is 0. The molecule has 0 bridgehead atoms. The number of fused-ring (bicyclic) bond motifs is 3. The summed E-state index contributed by atoms with van der Waals surface area (Å²) in [7, 11) is 13.3. The molecule has 3 heteroatoms. The molecule has 50 heavy (non-hydrogen) atoms. The summed E-state index contributed by atoms with van der Waals surface area (Å²) in [6, 6.07) is 43.0. The van der Waals surface area contributed by atoms with Gasteiger partial charge < -0.3 is 0 Å². The van der Waals surface area contributed by atoms with E-state index in [2.05, 4.69) is 162 Å². The second kappa shape index (κ2) is 16.0. The third-order valence-electron chi connectivity index (χ3n) is 10.00. The summed E-state index contributed by atoms with van der Waals surface area (Å²) in [6.07, 6.45) is 0. The van der Waals surface area contributed by atoms with E-state index in [1.807, 2.05) is 42.5 Å². The minimum absolute atomic E-state index is 0.140. The van der Waals surface area contributed by atoms with E-state index in [-0.39, 0.29) is 21.7 Å². The van der Waals surface area contributed by atoms with Crippen LogP contribution < -0.4 is 0 Å². The van der Waals surface area contributed by atoms with Crippen molar-refractivity contribution < 1.29 is 18.9 Å². The Morgan fingerprint density at radius 2 is 0.880 bits per heavy atom. The molecule has 0 N–H and O–H groups in total. The van der Waals surface area contributed by atoms with Gasteiger partial charge >= 0.3 is 149 Å². The van der Waals surface area contributed by atoms with Gasteiger partial charge in [0.05, 0.1) is 0 Å². The Morgan fingerprint density at radius 1 is 0.520 bits per heavy atom. The van der Waals surface area contributed by atoms with Gasteiger partial charge in [-0.1, -0.05) is 75.9 Å². The molecule has 0 aliphatic rings. The standard InChI is InChI=1S/C23H29.C19H22.C5H5.2ClH.Zr/c1-14-9-16-11-17-10-15(2)21(23(6,7)8)13-19(17)18(16)12-20(14)22(3,4)5;1-18(2,16-11-7-5-8-12-16)15-19(3,4)17-13-9-6-10-14-17;1-2-4-5-3-1;;;/h9-13H,1-8H3;5-14H,1-4H3;1-5H;2*1H;/q-1;;-1;;;+2/p-2. The minimum atomic E-state index is -2.63. The van der Waals surface area contributed by atoms with Gasteiger partial charge in [0.1, 0.15) is 0 Å². The summed E-state index contributed by atoms with van der Waals surface area (Å²) in [5.74, 6) is 0. The molecule has 264 valence electrons. The van der Waals surface area contributed by atoms with Crippen LogP contribution in [0.5, 0.6) is 0 Å². The quantitative estimate of drug-likeness (QED) is 0.156. The molecule has 6 aromatic rings. The first-order valence-corrected chi connectivity index (χ1v) is 25.3. The Kier molecular flexibility index (Phi) is 12.9. The molecule has 0 saturated carbocycles. The molecule has 0 aliphatic heterocycles. The summed E-state index contributed by atoms with van der Waals surface area (Å²) in [4.78, 5) is 0. The summed E-state index contributed by atoms with van der Waals surface area (Å²) in [5.41, 5.74) is 8.32. The van der Waals surface area contributed by atoms with E-state index in [4.69, 9.17) is 17.0 Å². The van der Waals surface area contributed by atoms with E-state index < -0.39 is 18.9 Å². The number of hydrogen-bond acceptors (Lipinski definition) is 0. The Labute approximate surface area is 317 Å². The molecule has 0 atom stereocenters. The van der Waals surface area contributed by atoms with Crippen LogP contribution >= 0.6 is 17.0 Å². The predicted molar refractivity (Wildman–Crippen MR) is 222 cm³/mol. The van der Waals surface area contributed by atoms with Crippen molar-refractivity contribution in [1.29, 1.82) is 0 Å². The molecule has 0 spiro atoms. The Bertz CT molecular complexity index is 1880. The van der Waals surface area contributed by atoms with Crippen LogP contribution in [0, 0.1) is 13.8 Å². The van der Waals surface area contributed by atoms with Crippen molar-refractivity contribution in [2.45, 2.75) is 105 Å². The van der Waals surface area contributed by atoms with Gasteiger partial charge in [0.2, 0.25) is 0 Å². The maximum Gasteiger partial charge on any atom is -0.0142 e. The van der Waals surface area contributed by atoms with Crippen molar-refractivity contribution in [1.82, 2.24) is 0 Å². The van der Waals surface area contributed by atoms with Crippen LogP contribution in [0.2, 0.25) is 0 Å². The smallest absolute Gasteiger partial charge is 0.0142 e. The molecule has 0 aromatic heterocycles. The third kappa shape index (κ3) is 9.26. The van der Waals surface area contributed by atoms with Gasteiger partial charge in [-0.2, -0.15) is 18.2 Å². The molecule has 0 aliphatic carbocycles. The van der Waals surface area contributed by atoms with Crippen LogP contribution in [0.25, 0.3) is 21.5 Å². The van der Waals surface area contributed by atoms with Gasteiger partial charge in [0.25, 0.3) is 0 Å². The van der Waals surface area contributed by atoms with Crippen molar-refractivity contribution in [3.63, 3.8) is 0 Å². The fourth-order valence-corrected chi connectivity index (χ4v) is 16.1. The van der Waals surface area contributed by atoms with E-state index in [0.717, 1.165) is 0 Å². The fourth-order valence-electron chi connectivity index (χ4n) is 7.52. The number of benzene rings is 4. The van der Waals surface area contributed by atoms with E-state index in [1.54, 1.807) is 0 Å². The van der Waals surface area contributed by atoms with Gasteiger partial charge in [0.15, 0.2) is 0 Å². The van der Waals surface area contributed by atoms with Gasteiger partial charge in [-0.25, -0.2) is 12.1 Å². The molecule has 0 saturated heterocycles. The average Bonchev–Trinajstić information content (AvgIpc) is 3.72. The monoisotopic (exact) mass is 780 g/mol. The Balaban J connectivity index is 0.000000197. The van der Waals surface area contributed by atoms with Gasteiger partial charge in [-0.3, -0.25) is 0 Å². The SMILES string of the molecule is CC(C)([C](=[Zr]([Cl])[Cl])C(C)(C)c1ccccc1)c1ccccc1.Cc1cc2[cH-]c3cc(C)c(C(C)(C)C)cc3c2cc1C(C)(C)C.c1cc[cH-]c1. The molecule has 0 nitrogen and oxygen atoms in total. The molecular formula is C47H56Cl2Zr-2. The maximum absolute atomic E-state index is 6.64. The molecular weight excluding hydrogens is 727 g/mol. The van der Waals surface area contributed by atoms with Crippen molar-refractivity contribution in [2.24, 2.45) is 0 Å². The molecule has 0 fully saturated rings. The first kappa shape index (κ1) is 40.2. The number of rotatable bonds is 4. The first-order valence-electron chi connectivity index (χ1n) is 17.8. The average molecular weight is 783 g/mol. The maximum atomic E-state index is 6.64. The molecule has 0 heterocycles. The third-order valence-corrected chi connectivity index (χ3v) is 16.2. The van der Waals surface area contributed by atoms with Gasteiger partial charge in [-0.05, 0) is 24.7 Å². The molecule has 6 aromatic carbocycles. The largest absolute Gasteiger partial charge is 0.214 e. The van der Waals surface area contributed by atoms with Crippen molar-refractivity contribution in [3.05, 3.63) is 155 Å². The summed E-state index contributed by atoms with van der Waals surface area (Å²) >= 11 is -2.63. The zero-order valence-corrected chi connectivity index (χ0v) is 36.3. The van der Waals surface area contributed by atoms with Crippen LogP contribution in [0.1, 0.15) is 103 Å². The Hall–Kier alpha value is -2.57. The van der Waals surface area contributed by atoms with Crippen LogP contribution in [-0.4, -0.2) is 3.21 Å². The van der Waals surface area contributed by atoms with Crippen LogP contribution in [-0.2, 0) is 40.5 Å². The molecule has 0 amide bonds. The zero-order valence-electron chi connectivity index (χ0n) is 32.3. The normalized spacial score (nSPS) is 12.2. The van der Waals surface area contributed by atoms with Crippen molar-refractivity contribution in [2.75, 3.05) is 0 Å². The van der Waals surface area contributed by atoms with Crippen molar-refractivity contribution in [3.8, 4) is 0 Å². The fraction of sp³-hybridized carbons (Fsp3) is 0.340. The van der Waals surface area contributed by atoms with Crippen LogP contribution in [0.3, 0.4) is 0 Å². The molecule has 0 unspecified atom stereocenters. The van der Waals surface area contributed by atoms with Crippen molar-refractivity contribution >= 4 is 41.8 Å². The zero-order chi connectivity index (χ0) is 37.1. The van der Waals surface area contributed by atoms with Gasteiger partial charge in [-0.15, -0.1) is 39.7 Å². The summed E-state index contributed by atoms with van der Waals surface area (Å²) in [5, 5.41) is 5.55. The first-order chi connectivity index (χ1) is 23.3. The molecule has 6 rings (SSSR count). The molecule has 0 radical (unpaired) electrons. The van der Waals surface area contributed by atoms with E-state index in [1.165, 1.54) is 58.1 Å². The second-order valence-corrected chi connectivity index (χ2v) is 24.9. The minimum Gasteiger partial charge on any atom is -0.214 e. The summed E-state index contributed by atoms with van der Waals surface area (Å²) in [6.45, 7) is 27.3. The van der Waals surface area contributed by atoms with E-state index in [9.17, 15) is 0 Å². The number of halogens is 2. The number of aryl methyl sites for hydroxylation is 2.